The Hall–Kier alpha value is -3.20. The molecule has 0 saturated heterocycles. The lowest BCUT2D eigenvalue weighted by molar-refractivity contribution is -0.127. The van der Waals surface area contributed by atoms with Crippen LogP contribution in [-0.4, -0.2) is 36.8 Å². The maximum atomic E-state index is 14.9. The van der Waals surface area contributed by atoms with Gasteiger partial charge in [0.1, 0.15) is 11.9 Å². The second kappa shape index (κ2) is 9.74. The molecular weight excluding hydrogens is 417 g/mol. The van der Waals surface area contributed by atoms with E-state index in [1.165, 1.54) is 22.4 Å². The molecule has 0 radical (unpaired) electrons. The Morgan fingerprint density at radius 1 is 1.23 bits per heavy atom. The van der Waals surface area contributed by atoms with Crippen LogP contribution in [0.3, 0.4) is 0 Å². The third-order valence-corrected chi connectivity index (χ3v) is 5.53. The third-order valence-electron chi connectivity index (χ3n) is 5.02. The molecule has 2 heterocycles. The summed E-state index contributed by atoms with van der Waals surface area (Å²) in [5.41, 5.74) is 0.360. The number of nitrogens with zero attached hydrogens (tertiary/aromatic N) is 4. The van der Waals surface area contributed by atoms with Crippen molar-refractivity contribution in [3.05, 3.63) is 76.8 Å². The van der Waals surface area contributed by atoms with Crippen molar-refractivity contribution >= 4 is 23.3 Å². The molecule has 0 saturated carbocycles. The van der Waals surface area contributed by atoms with E-state index in [1.807, 2.05) is 20.8 Å². The number of nitrogens with one attached hydrogen (secondary N) is 1. The van der Waals surface area contributed by atoms with Gasteiger partial charge in [0, 0.05) is 35.4 Å². The van der Waals surface area contributed by atoms with E-state index in [4.69, 9.17) is 0 Å². The lowest BCUT2D eigenvalue weighted by atomic mass is 9.98. The first-order valence-corrected chi connectivity index (χ1v) is 10.7. The number of hydrogen-bond donors (Lipinski definition) is 1. The Balaban J connectivity index is 2.10. The van der Waals surface area contributed by atoms with E-state index in [9.17, 15) is 14.0 Å². The van der Waals surface area contributed by atoms with E-state index < -0.39 is 29.2 Å². The summed E-state index contributed by atoms with van der Waals surface area (Å²) in [6.07, 6.45) is 3.88. The van der Waals surface area contributed by atoms with E-state index in [1.54, 1.807) is 36.7 Å². The molecule has 0 unspecified atom stereocenters. The van der Waals surface area contributed by atoms with Gasteiger partial charge in [-0.1, -0.05) is 35.7 Å². The molecule has 1 N–H and O–H groups in total. The number of halogens is 1. The van der Waals surface area contributed by atoms with E-state index in [0.717, 1.165) is 11.5 Å². The van der Waals surface area contributed by atoms with Gasteiger partial charge in [0.25, 0.3) is 5.91 Å². The topological polar surface area (TPSA) is 88.1 Å². The zero-order valence-electron chi connectivity index (χ0n) is 17.6. The van der Waals surface area contributed by atoms with Crippen LogP contribution in [0.2, 0.25) is 0 Å². The predicted molar refractivity (Wildman–Crippen MR) is 116 cm³/mol. The van der Waals surface area contributed by atoms with Crippen LogP contribution in [0, 0.1) is 5.82 Å². The second-order valence-corrected chi connectivity index (χ2v) is 8.35. The van der Waals surface area contributed by atoms with E-state index in [0.29, 0.717) is 12.0 Å². The average molecular weight is 442 g/mol. The molecule has 0 aliphatic rings. The van der Waals surface area contributed by atoms with Crippen LogP contribution in [0.1, 0.15) is 54.8 Å². The van der Waals surface area contributed by atoms with E-state index in [-0.39, 0.29) is 17.8 Å². The highest BCUT2D eigenvalue weighted by molar-refractivity contribution is 7.03. The average Bonchev–Trinajstić information content (AvgIpc) is 3.29. The Morgan fingerprint density at radius 2 is 2.00 bits per heavy atom. The summed E-state index contributed by atoms with van der Waals surface area (Å²) in [7, 11) is 0. The minimum absolute atomic E-state index is 0.0448. The second-order valence-electron chi connectivity index (χ2n) is 7.74. The molecule has 162 valence electrons. The maximum Gasteiger partial charge on any atom is 0.276 e. The smallest absolute Gasteiger partial charge is 0.276 e. The number of benzene rings is 1. The van der Waals surface area contributed by atoms with Crippen LogP contribution in [0.4, 0.5) is 4.39 Å². The molecule has 1 atom stereocenters. The summed E-state index contributed by atoms with van der Waals surface area (Å²) in [6, 6.07) is 8.29. The van der Waals surface area contributed by atoms with Crippen molar-refractivity contribution in [1.82, 2.24) is 24.8 Å². The first kappa shape index (κ1) is 22.5. The highest BCUT2D eigenvalue weighted by Gasteiger charge is 2.36. The summed E-state index contributed by atoms with van der Waals surface area (Å²) in [4.78, 5) is 32.2. The number of rotatable bonds is 8. The fourth-order valence-corrected chi connectivity index (χ4v) is 3.44. The summed E-state index contributed by atoms with van der Waals surface area (Å²) >= 11 is 1.03. The minimum atomic E-state index is -1.21. The summed E-state index contributed by atoms with van der Waals surface area (Å²) < 4.78 is 18.6. The van der Waals surface area contributed by atoms with Crippen LogP contribution in [-0.2, 0) is 11.3 Å². The van der Waals surface area contributed by atoms with E-state index in [2.05, 4.69) is 19.9 Å². The number of amides is 2. The quantitative estimate of drug-likeness (QED) is 0.575. The van der Waals surface area contributed by atoms with Crippen LogP contribution in [0.5, 0.6) is 0 Å². The number of pyridine rings is 1. The van der Waals surface area contributed by atoms with Gasteiger partial charge in [0.15, 0.2) is 5.69 Å². The zero-order valence-corrected chi connectivity index (χ0v) is 18.4. The molecule has 0 fully saturated rings. The van der Waals surface area contributed by atoms with Crippen LogP contribution < -0.4 is 5.32 Å². The number of aromatic nitrogens is 3. The predicted octanol–water partition coefficient (Wildman–Crippen LogP) is 3.76. The van der Waals surface area contributed by atoms with E-state index >= 15 is 0 Å². The van der Waals surface area contributed by atoms with Crippen molar-refractivity contribution in [3.8, 4) is 0 Å². The van der Waals surface area contributed by atoms with Gasteiger partial charge in [-0.25, -0.2) is 4.39 Å². The van der Waals surface area contributed by atoms with Crippen molar-refractivity contribution in [3.63, 3.8) is 0 Å². The fourth-order valence-electron chi connectivity index (χ4n) is 3.01. The molecule has 9 heteroatoms. The van der Waals surface area contributed by atoms with Gasteiger partial charge in [-0.05, 0) is 49.5 Å². The molecule has 3 aromatic rings. The molecule has 1 aromatic carbocycles. The molecule has 31 heavy (non-hydrogen) atoms. The van der Waals surface area contributed by atoms with Gasteiger partial charge in [-0.3, -0.25) is 14.6 Å². The Kier molecular flexibility index (Phi) is 7.06. The zero-order chi connectivity index (χ0) is 22.4. The standard InChI is InChI=1S/C22H24FN5O2S/c1-4-22(2,3)25-20(29)19(16-9-5-6-10-17(16)23)28(13-15-8-7-11-24-12-15)21(30)18-14-31-27-26-18/h5-12,14,19H,4,13H2,1-3H3,(H,25,29)/t19-/m1/s1. The van der Waals surface area contributed by atoms with Gasteiger partial charge < -0.3 is 10.2 Å². The highest BCUT2D eigenvalue weighted by Crippen LogP contribution is 2.28. The summed E-state index contributed by atoms with van der Waals surface area (Å²) in [6.45, 7) is 5.74. The SMILES string of the molecule is CCC(C)(C)NC(=O)[C@@H](c1ccccc1F)N(Cc1cccnc1)C(=O)c1csnn1. The lowest BCUT2D eigenvalue weighted by Gasteiger charge is -2.34. The Labute approximate surface area is 184 Å². The molecule has 0 spiro atoms. The largest absolute Gasteiger partial charge is 0.349 e. The highest BCUT2D eigenvalue weighted by atomic mass is 32.1. The summed E-state index contributed by atoms with van der Waals surface area (Å²) in [5, 5.41) is 8.32. The van der Waals surface area contributed by atoms with Crippen molar-refractivity contribution in [2.24, 2.45) is 0 Å². The number of carbonyl (C=O) groups excluding carboxylic acids is 2. The van der Waals surface area contributed by atoms with Gasteiger partial charge in [-0.2, -0.15) is 0 Å². The first-order valence-electron chi connectivity index (χ1n) is 9.86. The van der Waals surface area contributed by atoms with Gasteiger partial charge in [-0.15, -0.1) is 5.10 Å². The molecule has 0 bridgehead atoms. The Bertz CT molecular complexity index is 1030. The first-order chi connectivity index (χ1) is 14.8. The molecule has 0 aliphatic carbocycles. The monoisotopic (exact) mass is 441 g/mol. The molecule has 3 rings (SSSR count). The van der Waals surface area contributed by atoms with Crippen LogP contribution in [0.25, 0.3) is 0 Å². The normalized spacial score (nSPS) is 12.3. The van der Waals surface area contributed by atoms with Crippen molar-refractivity contribution in [2.45, 2.75) is 45.3 Å². The third kappa shape index (κ3) is 5.49. The molecule has 0 aliphatic heterocycles. The van der Waals surface area contributed by atoms with Crippen molar-refractivity contribution in [2.75, 3.05) is 0 Å². The molecular formula is C22H24FN5O2S. The van der Waals surface area contributed by atoms with Gasteiger partial charge >= 0.3 is 0 Å². The number of hydrogen-bond acceptors (Lipinski definition) is 6. The molecule has 2 amide bonds. The maximum absolute atomic E-state index is 14.9. The Morgan fingerprint density at radius 3 is 2.61 bits per heavy atom. The van der Waals surface area contributed by atoms with Crippen LogP contribution >= 0.6 is 11.5 Å². The minimum Gasteiger partial charge on any atom is -0.349 e. The van der Waals surface area contributed by atoms with Crippen molar-refractivity contribution in [1.29, 1.82) is 0 Å². The van der Waals surface area contributed by atoms with Crippen LogP contribution in [0.15, 0.2) is 54.2 Å². The summed E-state index contributed by atoms with van der Waals surface area (Å²) in [5.74, 6) is -1.56. The van der Waals surface area contributed by atoms with Gasteiger partial charge in [0.2, 0.25) is 5.91 Å². The van der Waals surface area contributed by atoms with Crippen molar-refractivity contribution < 1.29 is 14.0 Å². The number of carbonyl (C=O) groups is 2. The lowest BCUT2D eigenvalue weighted by Crippen LogP contribution is -2.50. The molecule has 7 nitrogen and oxygen atoms in total. The fraction of sp³-hybridized carbons (Fsp3) is 0.318. The molecule has 2 aromatic heterocycles. The van der Waals surface area contributed by atoms with Gasteiger partial charge in [0.05, 0.1) is 0 Å².